The predicted octanol–water partition coefficient (Wildman–Crippen LogP) is 4.11. The largest absolute Gasteiger partial charge is 0.462 e. The number of carbonyl (C=O) groups excluding carboxylic acids is 3. The number of carbonyl (C=O) groups is 3. The monoisotopic (exact) mass is 1370 g/mol. The first-order valence-electron chi connectivity index (χ1n) is 22.5. The lowest BCUT2D eigenvalue weighted by Gasteiger charge is -2.34. The van der Waals surface area contributed by atoms with E-state index in [2.05, 4.69) is 108 Å². The van der Waals surface area contributed by atoms with Gasteiger partial charge in [0.2, 0.25) is 0 Å². The molecule has 3 saturated heterocycles. The highest BCUT2D eigenvalue weighted by Crippen LogP contribution is 2.44. The van der Waals surface area contributed by atoms with Gasteiger partial charge in [-0.1, -0.05) is 12.6 Å². The van der Waals surface area contributed by atoms with Gasteiger partial charge in [-0.3, -0.25) is 0 Å². The summed E-state index contributed by atoms with van der Waals surface area (Å²) in [6.45, 7) is 10.7. The fraction of sp³-hybridized carbons (Fsp3) is 0.909. The van der Waals surface area contributed by atoms with Gasteiger partial charge in [0.05, 0.1) is 39.6 Å². The Kier molecular flexibility index (Phi) is 35.8. The van der Waals surface area contributed by atoms with Crippen LogP contribution < -0.4 is 0 Å². The molecule has 0 aliphatic carbocycles. The molecule has 430 valence electrons. The second-order valence-corrected chi connectivity index (χ2v) is 33.7. The Labute approximate surface area is 470 Å². The molecule has 24 nitrogen and oxygen atoms in total. The summed E-state index contributed by atoms with van der Waals surface area (Å²) in [4.78, 5) is 40.6. The summed E-state index contributed by atoms with van der Waals surface area (Å²) in [7, 11) is 16.6. The normalized spacial score (nSPS) is 31.0. The van der Waals surface area contributed by atoms with Crippen LogP contribution in [-0.2, 0) is 109 Å². The van der Waals surface area contributed by atoms with Gasteiger partial charge in [0.25, 0.3) is 0 Å². The third kappa shape index (κ3) is 19.2. The van der Waals surface area contributed by atoms with E-state index in [0.717, 1.165) is 11.7 Å². The number of ether oxygens (including phenoxy) is 6. The van der Waals surface area contributed by atoms with Gasteiger partial charge in [0, 0.05) is 122 Å². The third-order valence-electron chi connectivity index (χ3n) is 11.7. The minimum atomic E-state index is -3.02. The molecule has 3 aliphatic rings. The van der Waals surface area contributed by atoms with E-state index in [1.165, 1.54) is 0 Å². The van der Waals surface area contributed by atoms with Crippen LogP contribution in [0.2, 0.25) is 56.5 Å². The van der Waals surface area contributed by atoms with Crippen LogP contribution in [0, 0.1) is 0 Å². The van der Waals surface area contributed by atoms with E-state index in [1.807, 2.05) is 38.6 Å². The SMILES string of the molecule is C[Si](CCCOC(=O)C1(OP)O[C@H](COP)C(OP)C1OP)C[Si](C)O[Si](C)(CCCOC(=O)C1(OP)O[C@H](COP)C(OP)C1OP)O[Si](C)O[Si](C)CCCOC(=O)C1(OP)O[C@H](COP)C(OP)C1OP. The molecular formula is C33H74O24P12Si5. The lowest BCUT2D eigenvalue weighted by molar-refractivity contribution is -0.224. The molecule has 0 amide bonds. The van der Waals surface area contributed by atoms with Crippen LogP contribution in [0.4, 0.5) is 0 Å². The van der Waals surface area contributed by atoms with Crippen LogP contribution in [0.1, 0.15) is 19.3 Å². The Balaban J connectivity index is 1.64. The summed E-state index contributed by atoms with van der Waals surface area (Å²) in [6, 6.07) is 1.90. The van der Waals surface area contributed by atoms with Gasteiger partial charge in [-0.2, -0.15) is 0 Å². The zero-order valence-electron chi connectivity index (χ0n) is 41.6. The Hall–Kier alpha value is 3.93. The minimum absolute atomic E-state index is 0.0138. The van der Waals surface area contributed by atoms with Crippen LogP contribution in [0.25, 0.3) is 0 Å². The molecule has 25 atom stereocenters. The molecule has 0 saturated carbocycles. The molecule has 0 spiro atoms. The second kappa shape index (κ2) is 36.7. The molecule has 41 heteroatoms. The van der Waals surface area contributed by atoms with Crippen LogP contribution in [0.5, 0.6) is 0 Å². The lowest BCUT2D eigenvalue weighted by atomic mass is 10.1. The molecule has 74 heavy (non-hydrogen) atoms. The fourth-order valence-corrected chi connectivity index (χ4v) is 28.7. The molecule has 0 aromatic carbocycles. The first-order chi connectivity index (χ1) is 35.3. The summed E-state index contributed by atoms with van der Waals surface area (Å²) in [5.74, 6) is -8.12. The Morgan fingerprint density at radius 1 is 0.500 bits per heavy atom. The van der Waals surface area contributed by atoms with E-state index in [9.17, 15) is 14.4 Å². The van der Waals surface area contributed by atoms with Gasteiger partial charge in [-0.25, -0.2) is 14.4 Å². The maximum atomic E-state index is 13.7. The molecule has 4 radical (unpaired) electrons. The smallest absolute Gasteiger partial charge is 0.370 e. The predicted molar refractivity (Wildman–Crippen MR) is 317 cm³/mol. The van der Waals surface area contributed by atoms with Gasteiger partial charge in [-0.15, -0.1) is 0 Å². The highest BCUT2D eigenvalue weighted by atomic mass is 31.1. The number of rotatable bonds is 38. The van der Waals surface area contributed by atoms with Gasteiger partial charge in [-0.05, 0) is 63.2 Å². The second-order valence-electron chi connectivity index (χ2n) is 17.0. The van der Waals surface area contributed by atoms with Crippen molar-refractivity contribution in [2.45, 2.75) is 148 Å². The molecule has 3 heterocycles. The summed E-state index contributed by atoms with van der Waals surface area (Å²) >= 11 is 0. The number of esters is 3. The molecule has 3 fully saturated rings. The van der Waals surface area contributed by atoms with Crippen molar-refractivity contribution in [1.29, 1.82) is 0 Å². The van der Waals surface area contributed by atoms with Crippen LogP contribution >= 0.6 is 114 Å². The average molecular weight is 1370 g/mol. The molecule has 3 aliphatic heterocycles. The van der Waals surface area contributed by atoms with Crippen LogP contribution in [0.15, 0.2) is 0 Å². The Morgan fingerprint density at radius 2 is 0.865 bits per heavy atom. The van der Waals surface area contributed by atoms with E-state index < -0.39 is 135 Å². The zero-order valence-corrected chi connectivity index (χ0v) is 60.5. The Bertz CT molecular complexity index is 1610. The zero-order chi connectivity index (χ0) is 55.3. The summed E-state index contributed by atoms with van der Waals surface area (Å²) in [5.41, 5.74) is 0.851. The van der Waals surface area contributed by atoms with Gasteiger partial charge < -0.3 is 95.1 Å². The lowest BCUT2D eigenvalue weighted by Crippen LogP contribution is -2.52. The number of hydrogen-bond acceptors (Lipinski definition) is 24. The molecule has 0 N–H and O–H groups in total. The molecule has 0 aromatic rings. The van der Waals surface area contributed by atoms with Crippen molar-refractivity contribution in [2.75, 3.05) is 39.6 Å². The first kappa shape index (κ1) is 72.2. The third-order valence-corrected chi connectivity index (χ3v) is 31.6. The summed E-state index contributed by atoms with van der Waals surface area (Å²) in [6.07, 6.45) is -5.78. The van der Waals surface area contributed by atoms with E-state index >= 15 is 0 Å². The van der Waals surface area contributed by atoms with Crippen molar-refractivity contribution >= 4 is 176 Å². The van der Waals surface area contributed by atoms with E-state index in [0.29, 0.717) is 31.4 Å². The molecule has 22 unspecified atom stereocenters. The summed E-state index contributed by atoms with van der Waals surface area (Å²) < 4.78 is 120. The molecule has 0 aromatic heterocycles. The maximum Gasteiger partial charge on any atom is 0.370 e. The van der Waals surface area contributed by atoms with Gasteiger partial charge >= 0.3 is 53.1 Å². The average Bonchev–Trinajstić information content (AvgIpc) is 3.99. The minimum Gasteiger partial charge on any atom is -0.462 e. The molecule has 0 bridgehead atoms. The van der Waals surface area contributed by atoms with Crippen LogP contribution in [0.3, 0.4) is 0 Å². The van der Waals surface area contributed by atoms with Crippen molar-refractivity contribution in [3.05, 3.63) is 0 Å². The van der Waals surface area contributed by atoms with Gasteiger partial charge in [0.1, 0.15) is 36.6 Å². The van der Waals surface area contributed by atoms with Crippen LogP contribution in [-0.4, -0.2) is 175 Å². The highest BCUT2D eigenvalue weighted by Gasteiger charge is 2.65. The fourth-order valence-electron chi connectivity index (χ4n) is 8.43. The van der Waals surface area contributed by atoms with Crippen molar-refractivity contribution in [1.82, 2.24) is 0 Å². The van der Waals surface area contributed by atoms with Gasteiger partial charge in [0.15, 0.2) is 36.4 Å². The van der Waals surface area contributed by atoms with E-state index in [1.54, 1.807) is 0 Å². The first-order valence-corrected chi connectivity index (χ1v) is 39.1. The quantitative estimate of drug-likeness (QED) is 0.0278. The Morgan fingerprint density at radius 3 is 1.20 bits per heavy atom. The van der Waals surface area contributed by atoms with Crippen molar-refractivity contribution in [2.24, 2.45) is 0 Å². The molecular weight excluding hydrogens is 1290 g/mol. The van der Waals surface area contributed by atoms with E-state index in [-0.39, 0.29) is 39.6 Å². The molecule has 3 rings (SSSR count). The summed E-state index contributed by atoms with van der Waals surface area (Å²) in [5, 5.41) is 0. The van der Waals surface area contributed by atoms with Crippen molar-refractivity contribution < 1.29 is 109 Å². The van der Waals surface area contributed by atoms with E-state index in [4.69, 9.17) is 95.1 Å². The van der Waals surface area contributed by atoms with Crippen molar-refractivity contribution in [3.63, 3.8) is 0 Å². The standard InChI is InChI=1S/C33H74O24P12Si5/c1-70(12-6-9-37-28(34)31(52-67)25(49-64)22(46-61)19(43-31)15-40-58)18-72(3)56-74(5,14-8-11-39-30(36)33(54-69)27(51-66)24(48-63)21(45-33)17-42-60)57-73(4)55-71(2)13-7-10-38-29(35)32(53-68)26(50-65)23(47-62)20(44-32)16-41-59/h19-27H,6-18,58-69H2,1-5H3/t19-,20-,21-,22?,23?,24?,25?,26?,27?,31?,32?,33?,74?/m1/s1. The highest BCUT2D eigenvalue weighted by molar-refractivity contribution is 7.12. The topological polar surface area (TPSA) is 245 Å². The maximum absolute atomic E-state index is 13.7. The number of hydrogen-bond donors (Lipinski definition) is 0. The van der Waals surface area contributed by atoms with Crippen molar-refractivity contribution in [3.8, 4) is 0 Å².